The molecule has 5 N–H and O–H groups in total. The van der Waals surface area contributed by atoms with Crippen molar-refractivity contribution in [2.24, 2.45) is 5.92 Å². The lowest BCUT2D eigenvalue weighted by atomic mass is 9.76. The lowest BCUT2D eigenvalue weighted by Crippen LogP contribution is -2.70. The van der Waals surface area contributed by atoms with Gasteiger partial charge in [0.05, 0.1) is 18.3 Å². The normalized spacial score (nSPS) is 46.2. The number of nitrogens with one attached hydrogen (secondary N) is 1. The highest BCUT2D eigenvalue weighted by Crippen LogP contribution is 2.41. The van der Waals surface area contributed by atoms with Gasteiger partial charge in [-0.25, -0.2) is 0 Å². The average Bonchev–Trinajstić information content (AvgIpc) is 2.61. The molecule has 0 spiro atoms. The van der Waals surface area contributed by atoms with E-state index in [0.717, 1.165) is 0 Å². The summed E-state index contributed by atoms with van der Waals surface area (Å²) >= 11 is 0. The summed E-state index contributed by atoms with van der Waals surface area (Å²) in [6.07, 6.45) is -6.66. The fourth-order valence-corrected chi connectivity index (χ4v) is 3.73. The summed E-state index contributed by atoms with van der Waals surface area (Å²) in [5.74, 6) is -1.01. The van der Waals surface area contributed by atoms with Gasteiger partial charge < -0.3 is 44.7 Å². The lowest BCUT2D eigenvalue weighted by molar-refractivity contribution is -0.373. The second-order valence-electron chi connectivity index (χ2n) is 8.29. The van der Waals surface area contributed by atoms with Gasteiger partial charge in [-0.2, -0.15) is 0 Å². The molecule has 0 radical (unpaired) electrons. The smallest absolute Gasteiger partial charge is 0.217 e. The van der Waals surface area contributed by atoms with E-state index in [0.29, 0.717) is 0 Å². The van der Waals surface area contributed by atoms with Crippen LogP contribution in [0.1, 0.15) is 34.6 Å². The molecule has 10 heteroatoms. The lowest BCUT2D eigenvalue weighted by Gasteiger charge is -2.53. The Labute approximate surface area is 164 Å². The molecule has 2 saturated heterocycles. The minimum atomic E-state index is -1.59. The van der Waals surface area contributed by atoms with E-state index in [-0.39, 0.29) is 0 Å². The quantitative estimate of drug-likeness (QED) is 0.367. The Morgan fingerprint density at radius 1 is 1.25 bits per heavy atom. The minimum Gasteiger partial charge on any atom is -0.394 e. The Morgan fingerprint density at radius 2 is 1.86 bits per heavy atom. The van der Waals surface area contributed by atoms with E-state index < -0.39 is 72.7 Å². The van der Waals surface area contributed by atoms with E-state index in [9.17, 15) is 25.2 Å². The van der Waals surface area contributed by atoms with Crippen molar-refractivity contribution in [2.45, 2.75) is 88.9 Å². The molecule has 0 aromatic rings. The number of hydrogen-bond acceptors (Lipinski definition) is 9. The van der Waals surface area contributed by atoms with E-state index in [2.05, 4.69) is 5.32 Å². The average molecular weight is 407 g/mol. The number of hydrogen-bond donors (Lipinski definition) is 5. The van der Waals surface area contributed by atoms with Crippen molar-refractivity contribution in [1.82, 2.24) is 5.32 Å². The largest absolute Gasteiger partial charge is 0.394 e. The molecule has 2 heterocycles. The Balaban J connectivity index is 2.35. The van der Waals surface area contributed by atoms with Gasteiger partial charge in [-0.05, 0) is 20.8 Å². The number of aliphatic hydroxyl groups excluding tert-OH is 3. The molecule has 0 aromatic heterocycles. The van der Waals surface area contributed by atoms with Crippen LogP contribution in [0.2, 0.25) is 0 Å². The second-order valence-corrected chi connectivity index (χ2v) is 8.29. The molecule has 0 aliphatic carbocycles. The van der Waals surface area contributed by atoms with Gasteiger partial charge in [0.1, 0.15) is 30.0 Å². The monoisotopic (exact) mass is 407 g/mol. The summed E-state index contributed by atoms with van der Waals surface area (Å²) in [6.45, 7) is 7.27. The number of rotatable bonds is 5. The SMILES string of the molecule is COC1OC(CO)C(O)C(OC2OC(C)(C)C(O)C(C)C2(C)O)C1NC(C)=O. The molecule has 10 nitrogen and oxygen atoms in total. The van der Waals surface area contributed by atoms with Crippen LogP contribution < -0.4 is 5.32 Å². The predicted octanol–water partition coefficient (Wildman–Crippen LogP) is -1.52. The number of carbonyl (C=O) groups excluding carboxylic acids is 1. The van der Waals surface area contributed by atoms with Crippen LogP contribution in [0.25, 0.3) is 0 Å². The van der Waals surface area contributed by atoms with Crippen molar-refractivity contribution in [3.8, 4) is 0 Å². The molecule has 28 heavy (non-hydrogen) atoms. The van der Waals surface area contributed by atoms with Crippen molar-refractivity contribution in [3.63, 3.8) is 0 Å². The minimum absolute atomic E-state index is 0.403. The van der Waals surface area contributed by atoms with Gasteiger partial charge in [-0.1, -0.05) is 6.92 Å². The summed E-state index contributed by atoms with van der Waals surface area (Å²) in [5, 5.41) is 44.2. The summed E-state index contributed by atoms with van der Waals surface area (Å²) in [5.41, 5.74) is -2.62. The van der Waals surface area contributed by atoms with Gasteiger partial charge in [0.25, 0.3) is 0 Å². The van der Waals surface area contributed by atoms with E-state index in [4.69, 9.17) is 18.9 Å². The third-order valence-electron chi connectivity index (χ3n) is 5.73. The summed E-state index contributed by atoms with van der Waals surface area (Å²) in [7, 11) is 1.36. The molecule has 2 aliphatic heterocycles. The van der Waals surface area contributed by atoms with Crippen LogP contribution in [-0.4, -0.2) is 94.3 Å². The van der Waals surface area contributed by atoms with Gasteiger partial charge in [0.15, 0.2) is 12.6 Å². The first-order valence-corrected chi connectivity index (χ1v) is 9.34. The third-order valence-corrected chi connectivity index (χ3v) is 5.73. The first kappa shape index (κ1) is 23.4. The summed E-state index contributed by atoms with van der Waals surface area (Å²) in [4.78, 5) is 11.7. The molecule has 0 bridgehead atoms. The van der Waals surface area contributed by atoms with Crippen LogP contribution in [0.15, 0.2) is 0 Å². The van der Waals surface area contributed by atoms with E-state index >= 15 is 0 Å². The standard InChI is InChI=1S/C18H33NO9/c1-8-14(23)17(3,4)28-16(18(8,5)24)27-13-11(19-9(2)21)15(25-6)26-10(7-20)12(13)22/h8,10-16,20,22-24H,7H2,1-6H3,(H,19,21). The zero-order valence-electron chi connectivity index (χ0n) is 17.2. The predicted molar refractivity (Wildman–Crippen MR) is 96.0 cm³/mol. The van der Waals surface area contributed by atoms with Gasteiger partial charge >= 0.3 is 0 Å². The molecular weight excluding hydrogens is 374 g/mol. The summed E-state index contributed by atoms with van der Waals surface area (Å²) < 4.78 is 22.6. The Morgan fingerprint density at radius 3 is 2.36 bits per heavy atom. The van der Waals surface area contributed by atoms with E-state index in [1.165, 1.54) is 21.0 Å². The van der Waals surface area contributed by atoms with Crippen LogP contribution >= 0.6 is 0 Å². The number of methoxy groups -OCH3 is 1. The van der Waals surface area contributed by atoms with E-state index in [1.54, 1.807) is 20.8 Å². The molecule has 0 saturated carbocycles. The van der Waals surface area contributed by atoms with Gasteiger partial charge in [-0.3, -0.25) is 4.79 Å². The molecule has 9 atom stereocenters. The zero-order chi connectivity index (χ0) is 21.4. The fraction of sp³-hybridized carbons (Fsp3) is 0.944. The molecule has 2 fully saturated rings. The molecule has 2 aliphatic rings. The number of amides is 1. The summed E-state index contributed by atoms with van der Waals surface area (Å²) in [6, 6.07) is -0.926. The van der Waals surface area contributed by atoms with Crippen LogP contribution in [0.5, 0.6) is 0 Å². The van der Waals surface area contributed by atoms with Crippen molar-refractivity contribution in [1.29, 1.82) is 0 Å². The third kappa shape index (κ3) is 4.34. The van der Waals surface area contributed by atoms with Crippen molar-refractivity contribution in [3.05, 3.63) is 0 Å². The molecule has 164 valence electrons. The van der Waals surface area contributed by atoms with Crippen molar-refractivity contribution >= 4 is 5.91 Å². The molecule has 2 rings (SSSR count). The first-order chi connectivity index (χ1) is 12.9. The first-order valence-electron chi connectivity index (χ1n) is 9.34. The highest BCUT2D eigenvalue weighted by molar-refractivity contribution is 5.73. The second kappa shape index (κ2) is 8.49. The molecule has 9 unspecified atom stereocenters. The van der Waals surface area contributed by atoms with Crippen molar-refractivity contribution < 1.29 is 44.2 Å². The van der Waals surface area contributed by atoms with Crippen LogP contribution in [0.3, 0.4) is 0 Å². The Kier molecular flexibility index (Phi) is 7.10. The zero-order valence-corrected chi connectivity index (χ0v) is 17.2. The van der Waals surface area contributed by atoms with Crippen LogP contribution in [0.4, 0.5) is 0 Å². The van der Waals surface area contributed by atoms with Crippen LogP contribution in [-0.2, 0) is 23.7 Å². The van der Waals surface area contributed by atoms with Crippen LogP contribution in [0, 0.1) is 5.92 Å². The maximum atomic E-state index is 11.7. The van der Waals surface area contributed by atoms with Gasteiger partial charge in [0.2, 0.25) is 5.91 Å². The molecule has 0 aromatic carbocycles. The van der Waals surface area contributed by atoms with Crippen molar-refractivity contribution in [2.75, 3.05) is 13.7 Å². The molecular formula is C18H33NO9. The van der Waals surface area contributed by atoms with Gasteiger partial charge in [0, 0.05) is 20.0 Å². The number of ether oxygens (including phenoxy) is 4. The maximum absolute atomic E-state index is 11.7. The highest BCUT2D eigenvalue weighted by atomic mass is 16.7. The fourth-order valence-electron chi connectivity index (χ4n) is 3.73. The topological polar surface area (TPSA) is 147 Å². The molecule has 1 amide bonds. The highest BCUT2D eigenvalue weighted by Gasteiger charge is 2.57. The Hall–Kier alpha value is -0.850. The van der Waals surface area contributed by atoms with Gasteiger partial charge in [-0.15, -0.1) is 0 Å². The maximum Gasteiger partial charge on any atom is 0.217 e. The number of carbonyl (C=O) groups is 1. The Bertz CT molecular complexity index is 555. The number of aliphatic hydroxyl groups is 4. The van der Waals surface area contributed by atoms with E-state index in [1.807, 2.05) is 0 Å².